The Kier molecular flexibility index (Phi) is 19.4. The van der Waals surface area contributed by atoms with Gasteiger partial charge in [0, 0.05) is 88.7 Å². The molecule has 0 saturated carbocycles. The lowest BCUT2D eigenvalue weighted by atomic mass is 10.0. The molecule has 0 saturated heterocycles. The van der Waals surface area contributed by atoms with Gasteiger partial charge >= 0.3 is 0 Å². The van der Waals surface area contributed by atoms with Crippen LogP contribution in [0.5, 0.6) is 0 Å². The molecular formula is C59H38Cl7N13O2. The smallest absolute Gasteiger partial charge is 0.199 e. The van der Waals surface area contributed by atoms with Crippen LogP contribution in [0.25, 0.3) is 67.3 Å². The highest BCUT2D eigenvalue weighted by molar-refractivity contribution is 6.42. The summed E-state index contributed by atoms with van der Waals surface area (Å²) in [6.07, 6.45) is 8.69. The fourth-order valence-corrected chi connectivity index (χ4v) is 9.84. The van der Waals surface area contributed by atoms with Crippen LogP contribution in [0.15, 0.2) is 201 Å². The zero-order valence-corrected chi connectivity index (χ0v) is 47.2. The lowest BCUT2D eigenvalue weighted by Gasteiger charge is -2.15. The Balaban J connectivity index is 0.000000132. The van der Waals surface area contributed by atoms with Gasteiger partial charge < -0.3 is 5.11 Å². The van der Waals surface area contributed by atoms with Gasteiger partial charge in [0.25, 0.3) is 0 Å². The normalized spacial score (nSPS) is 11.0. The van der Waals surface area contributed by atoms with Gasteiger partial charge in [-0.15, -0.1) is 40.8 Å². The molecule has 12 rings (SSSR count). The molecule has 1 atom stereocenters. The van der Waals surface area contributed by atoms with E-state index in [0.717, 1.165) is 38.9 Å². The standard InChI is InChI=1S/C17H12ClN5.C16H11Cl2N3O.C16H9Cl2N3O.C10H6Cl2N2/c1-23-17-13(15(22-23)12-8-5-9-19-10-12)14(18)16(20-21-17)11-6-3-2-4-7-11;2*17-13-12(15(22)11-7-4-8-19-9-11)16(18)21-20-14(13)10-5-2-1-3-6-10;11-8-6-9(12)13-14-10(8)7-4-2-1-3-5-7/h2-10H,1H3;1-9,15,22H;1-9H;1-6H. The summed E-state index contributed by atoms with van der Waals surface area (Å²) >= 11 is 43.2. The number of aromatic nitrogens is 13. The Morgan fingerprint density at radius 2 is 0.926 bits per heavy atom. The highest BCUT2D eigenvalue weighted by Crippen LogP contribution is 2.39. The number of pyridine rings is 3. The monoisotopic (exact) mass is 1210 g/mol. The number of carbonyl (C=O) groups is 1. The molecule has 4 aromatic carbocycles. The van der Waals surface area contributed by atoms with Gasteiger partial charge in [-0.25, -0.2) is 4.68 Å². The summed E-state index contributed by atoms with van der Waals surface area (Å²) in [5, 5.41) is 49.8. The third-order valence-electron chi connectivity index (χ3n) is 11.7. The van der Waals surface area contributed by atoms with Gasteiger partial charge in [0.1, 0.15) is 34.6 Å². The highest BCUT2D eigenvalue weighted by atomic mass is 35.5. The van der Waals surface area contributed by atoms with Crippen LogP contribution in [0.3, 0.4) is 0 Å². The summed E-state index contributed by atoms with van der Waals surface area (Å²) in [7, 11) is 1.83. The van der Waals surface area contributed by atoms with Crippen molar-refractivity contribution in [3.05, 3.63) is 259 Å². The molecule has 8 heterocycles. The Bertz CT molecular complexity index is 4080. The predicted octanol–water partition coefficient (Wildman–Crippen LogP) is 15.2. The maximum atomic E-state index is 12.6. The lowest BCUT2D eigenvalue weighted by molar-refractivity contribution is 0.103. The summed E-state index contributed by atoms with van der Waals surface area (Å²) in [5.41, 5.74) is 9.33. The number of aryl methyl sites for hydroxylation is 1. The summed E-state index contributed by atoms with van der Waals surface area (Å²) < 4.78 is 1.69. The third kappa shape index (κ3) is 13.7. The van der Waals surface area contributed by atoms with E-state index in [0.29, 0.717) is 60.3 Å². The third-order valence-corrected chi connectivity index (χ3v) is 13.9. The lowest BCUT2D eigenvalue weighted by Crippen LogP contribution is -2.07. The van der Waals surface area contributed by atoms with E-state index >= 15 is 0 Å². The minimum absolute atomic E-state index is 0.0291. The van der Waals surface area contributed by atoms with Gasteiger partial charge in [0.05, 0.1) is 31.0 Å². The minimum Gasteiger partial charge on any atom is -0.383 e. The van der Waals surface area contributed by atoms with Crippen molar-refractivity contribution in [2.45, 2.75) is 6.10 Å². The number of nitrogens with zero attached hydrogens (tertiary/aromatic N) is 13. The van der Waals surface area contributed by atoms with Gasteiger partial charge in [-0.3, -0.25) is 19.7 Å². The van der Waals surface area contributed by atoms with Gasteiger partial charge in [0.2, 0.25) is 0 Å². The average Bonchev–Trinajstić information content (AvgIpc) is 4.15. The largest absolute Gasteiger partial charge is 0.383 e. The van der Waals surface area contributed by atoms with E-state index in [4.69, 9.17) is 81.2 Å². The first-order valence-corrected chi connectivity index (χ1v) is 26.7. The number of halogens is 7. The Morgan fingerprint density at radius 3 is 1.44 bits per heavy atom. The minimum atomic E-state index is -1.02. The zero-order chi connectivity index (χ0) is 56.8. The van der Waals surface area contributed by atoms with Gasteiger partial charge in [-0.1, -0.05) is 209 Å². The second kappa shape index (κ2) is 27.3. The van der Waals surface area contributed by atoms with Gasteiger partial charge in [-0.05, 0) is 36.4 Å². The number of rotatable bonds is 9. The molecule has 0 amide bonds. The summed E-state index contributed by atoms with van der Waals surface area (Å²) in [5.74, 6) is -0.338. The molecule has 1 unspecified atom stereocenters. The van der Waals surface area contributed by atoms with Crippen LogP contribution in [0.1, 0.15) is 33.2 Å². The zero-order valence-electron chi connectivity index (χ0n) is 41.9. The van der Waals surface area contributed by atoms with Crippen molar-refractivity contribution in [2.75, 3.05) is 0 Å². The predicted molar refractivity (Wildman–Crippen MR) is 318 cm³/mol. The molecule has 0 spiro atoms. The summed E-state index contributed by atoms with van der Waals surface area (Å²) in [6, 6.07) is 50.2. The Hall–Kier alpha value is -8.22. The van der Waals surface area contributed by atoms with E-state index in [2.05, 4.69) is 60.8 Å². The molecule has 0 fully saturated rings. The maximum absolute atomic E-state index is 12.6. The van der Waals surface area contributed by atoms with Crippen LogP contribution >= 0.6 is 81.2 Å². The molecule has 0 aliphatic heterocycles. The van der Waals surface area contributed by atoms with Crippen LogP contribution in [-0.4, -0.2) is 76.4 Å². The quantitative estimate of drug-likeness (QED) is 0.134. The molecule has 400 valence electrons. The van der Waals surface area contributed by atoms with Crippen LogP contribution in [-0.2, 0) is 7.05 Å². The first-order chi connectivity index (χ1) is 39.4. The summed E-state index contributed by atoms with van der Waals surface area (Å²) in [6.45, 7) is 0. The fraction of sp³-hybridized carbons (Fsp3) is 0.0339. The van der Waals surface area contributed by atoms with E-state index < -0.39 is 6.10 Å². The van der Waals surface area contributed by atoms with E-state index in [1.54, 1.807) is 66.0 Å². The van der Waals surface area contributed by atoms with Crippen molar-refractivity contribution in [1.29, 1.82) is 0 Å². The van der Waals surface area contributed by atoms with E-state index in [1.165, 1.54) is 6.20 Å². The van der Waals surface area contributed by atoms with Crippen molar-refractivity contribution in [3.8, 4) is 56.3 Å². The molecule has 0 aliphatic carbocycles. The van der Waals surface area contributed by atoms with E-state index in [1.807, 2.05) is 141 Å². The average molecular weight is 1210 g/mol. The van der Waals surface area contributed by atoms with Crippen molar-refractivity contribution >= 4 is 98.0 Å². The number of hydrogen-bond acceptors (Lipinski definition) is 14. The highest BCUT2D eigenvalue weighted by Gasteiger charge is 2.25. The van der Waals surface area contributed by atoms with Crippen LogP contribution in [0.4, 0.5) is 0 Å². The SMILES string of the molecule is Clc1cc(Cl)c(-c2ccccc2)nn1.Cn1nc(-c2cccnc2)c2c(Cl)c(-c3ccccc3)nnc21.O=C(c1cccnc1)c1c(Cl)nnc(-c2ccccc2)c1Cl.OC(c1cccnc1)c1c(Cl)nnc(-c2ccccc2)c1Cl. The Labute approximate surface area is 498 Å². The number of aliphatic hydroxyl groups is 1. The number of fused-ring (bicyclic) bond motifs is 1. The first-order valence-electron chi connectivity index (χ1n) is 24.0. The first kappa shape index (κ1) is 57.5. The van der Waals surface area contributed by atoms with Crippen LogP contribution in [0, 0.1) is 0 Å². The second-order valence-electron chi connectivity index (χ2n) is 17.0. The molecule has 22 heteroatoms. The maximum Gasteiger partial charge on any atom is 0.199 e. The van der Waals surface area contributed by atoms with Crippen LogP contribution in [0.2, 0.25) is 35.5 Å². The molecule has 1 N–H and O–H groups in total. The molecule has 0 bridgehead atoms. The van der Waals surface area contributed by atoms with Crippen molar-refractivity contribution < 1.29 is 9.90 Å². The molecule has 15 nitrogen and oxygen atoms in total. The molecule has 12 aromatic rings. The van der Waals surface area contributed by atoms with Crippen molar-refractivity contribution in [2.24, 2.45) is 7.05 Å². The summed E-state index contributed by atoms with van der Waals surface area (Å²) in [4.78, 5) is 24.7. The molecule has 0 aliphatic rings. The number of benzene rings is 4. The number of hydrogen-bond donors (Lipinski definition) is 1. The topological polar surface area (TPSA) is 197 Å². The van der Waals surface area contributed by atoms with Crippen LogP contribution < -0.4 is 0 Å². The molecule has 0 radical (unpaired) electrons. The molecule has 81 heavy (non-hydrogen) atoms. The van der Waals surface area contributed by atoms with Crippen molar-refractivity contribution in [3.63, 3.8) is 0 Å². The second-order valence-corrected chi connectivity index (χ2v) is 19.6. The molecule has 8 aromatic heterocycles. The Morgan fingerprint density at radius 1 is 0.457 bits per heavy atom. The van der Waals surface area contributed by atoms with Gasteiger partial charge in [0.15, 0.2) is 26.9 Å². The number of ketones is 1. The fourth-order valence-electron chi connectivity index (χ4n) is 7.86. The van der Waals surface area contributed by atoms with E-state index in [-0.39, 0.29) is 31.7 Å². The molecular weight excluding hydrogens is 1170 g/mol. The van der Waals surface area contributed by atoms with Crippen molar-refractivity contribution in [1.82, 2.24) is 65.5 Å². The van der Waals surface area contributed by atoms with E-state index in [9.17, 15) is 9.90 Å². The number of carbonyl (C=O) groups excluding carboxylic acids is 1. The van der Waals surface area contributed by atoms with Gasteiger partial charge in [-0.2, -0.15) is 5.10 Å². The number of aliphatic hydroxyl groups excluding tert-OH is 1.